The molecular formula is C10H16N2S. The number of hydrogen-bond acceptors (Lipinski definition) is 3. The molecule has 0 radical (unpaired) electrons. The van der Waals surface area contributed by atoms with E-state index >= 15 is 0 Å². The Morgan fingerprint density at radius 1 is 1.69 bits per heavy atom. The van der Waals surface area contributed by atoms with Gasteiger partial charge in [0.15, 0.2) is 5.13 Å². The normalized spacial score (nSPS) is 24.4. The zero-order chi connectivity index (χ0) is 9.47. The van der Waals surface area contributed by atoms with Crippen LogP contribution < -0.4 is 5.32 Å². The third-order valence-electron chi connectivity index (χ3n) is 2.84. The van der Waals surface area contributed by atoms with Crippen LogP contribution in [0.2, 0.25) is 0 Å². The summed E-state index contributed by atoms with van der Waals surface area (Å²) in [5.74, 6) is 0.844. The molecule has 3 heteroatoms. The van der Waals surface area contributed by atoms with Gasteiger partial charge < -0.3 is 5.32 Å². The van der Waals surface area contributed by atoms with E-state index in [1.54, 1.807) is 11.3 Å². The van der Waals surface area contributed by atoms with Crippen LogP contribution in [-0.4, -0.2) is 11.5 Å². The maximum absolute atomic E-state index is 4.27. The predicted molar refractivity (Wildman–Crippen MR) is 57.2 cm³/mol. The first-order valence-electron chi connectivity index (χ1n) is 4.74. The van der Waals surface area contributed by atoms with Crippen molar-refractivity contribution in [2.24, 2.45) is 11.3 Å². The van der Waals surface area contributed by atoms with Crippen molar-refractivity contribution < 1.29 is 0 Å². The fourth-order valence-electron chi connectivity index (χ4n) is 1.57. The highest BCUT2D eigenvalue weighted by Crippen LogP contribution is 2.51. The lowest BCUT2D eigenvalue weighted by atomic mass is 10.1. The SMILES string of the molecule is Cc1cnc(NCC2CC2(C)C)s1. The van der Waals surface area contributed by atoms with E-state index in [2.05, 4.69) is 31.1 Å². The smallest absolute Gasteiger partial charge is 0.182 e. The lowest BCUT2D eigenvalue weighted by Gasteiger charge is -2.03. The Morgan fingerprint density at radius 2 is 2.38 bits per heavy atom. The zero-order valence-electron chi connectivity index (χ0n) is 8.42. The van der Waals surface area contributed by atoms with E-state index in [-0.39, 0.29) is 0 Å². The Bertz CT molecular complexity index is 304. The van der Waals surface area contributed by atoms with Crippen LogP contribution in [0, 0.1) is 18.3 Å². The first-order chi connectivity index (χ1) is 6.08. The lowest BCUT2D eigenvalue weighted by molar-refractivity contribution is 0.573. The summed E-state index contributed by atoms with van der Waals surface area (Å²) >= 11 is 1.74. The molecule has 13 heavy (non-hydrogen) atoms. The summed E-state index contributed by atoms with van der Waals surface area (Å²) in [6, 6.07) is 0. The quantitative estimate of drug-likeness (QED) is 0.804. The molecule has 0 spiro atoms. The molecule has 0 aromatic carbocycles. The molecule has 0 aliphatic heterocycles. The van der Waals surface area contributed by atoms with Gasteiger partial charge in [0.05, 0.1) is 0 Å². The summed E-state index contributed by atoms with van der Waals surface area (Å²) in [4.78, 5) is 5.55. The molecule has 1 aromatic heterocycles. The maximum atomic E-state index is 4.27. The second kappa shape index (κ2) is 2.98. The fraction of sp³-hybridized carbons (Fsp3) is 0.700. The minimum absolute atomic E-state index is 0.569. The molecule has 1 N–H and O–H groups in total. The van der Waals surface area contributed by atoms with Crippen LogP contribution in [0.25, 0.3) is 0 Å². The molecule has 1 aliphatic carbocycles. The van der Waals surface area contributed by atoms with Gasteiger partial charge in [0.25, 0.3) is 0 Å². The summed E-state index contributed by atoms with van der Waals surface area (Å²) in [6.07, 6.45) is 3.27. The van der Waals surface area contributed by atoms with Crippen molar-refractivity contribution in [1.82, 2.24) is 4.98 Å². The summed E-state index contributed by atoms with van der Waals surface area (Å²) < 4.78 is 0. The Balaban J connectivity index is 1.81. The van der Waals surface area contributed by atoms with Gasteiger partial charge in [0, 0.05) is 17.6 Å². The Hall–Kier alpha value is -0.570. The van der Waals surface area contributed by atoms with Crippen molar-refractivity contribution in [2.45, 2.75) is 27.2 Å². The van der Waals surface area contributed by atoms with Crippen LogP contribution in [0.1, 0.15) is 25.1 Å². The van der Waals surface area contributed by atoms with Crippen LogP contribution in [0.15, 0.2) is 6.20 Å². The van der Waals surface area contributed by atoms with Gasteiger partial charge in [0.1, 0.15) is 0 Å². The number of nitrogens with zero attached hydrogens (tertiary/aromatic N) is 1. The van der Waals surface area contributed by atoms with Gasteiger partial charge in [-0.15, -0.1) is 11.3 Å². The van der Waals surface area contributed by atoms with Crippen molar-refractivity contribution >= 4 is 16.5 Å². The Labute approximate surface area is 83.4 Å². The van der Waals surface area contributed by atoms with Crippen LogP contribution in [0.3, 0.4) is 0 Å². The molecule has 72 valence electrons. The molecule has 1 saturated carbocycles. The van der Waals surface area contributed by atoms with Crippen LogP contribution in [-0.2, 0) is 0 Å². The highest BCUT2D eigenvalue weighted by atomic mass is 32.1. The number of nitrogens with one attached hydrogen (secondary N) is 1. The molecule has 1 fully saturated rings. The average molecular weight is 196 g/mol. The maximum Gasteiger partial charge on any atom is 0.182 e. The minimum atomic E-state index is 0.569. The summed E-state index contributed by atoms with van der Waals surface area (Å²) in [7, 11) is 0. The predicted octanol–water partition coefficient (Wildman–Crippen LogP) is 2.91. The lowest BCUT2D eigenvalue weighted by Crippen LogP contribution is -2.06. The molecule has 1 heterocycles. The van der Waals surface area contributed by atoms with Gasteiger partial charge in [-0.25, -0.2) is 4.98 Å². The van der Waals surface area contributed by atoms with Crippen molar-refractivity contribution in [3.63, 3.8) is 0 Å². The molecule has 1 aliphatic rings. The minimum Gasteiger partial charge on any atom is -0.361 e. The van der Waals surface area contributed by atoms with Crippen molar-refractivity contribution in [2.75, 3.05) is 11.9 Å². The van der Waals surface area contributed by atoms with E-state index in [9.17, 15) is 0 Å². The summed E-state index contributed by atoms with van der Waals surface area (Å²) in [5.41, 5.74) is 0.569. The van der Waals surface area contributed by atoms with Gasteiger partial charge >= 0.3 is 0 Å². The van der Waals surface area contributed by atoms with E-state index in [1.165, 1.54) is 11.3 Å². The van der Waals surface area contributed by atoms with Crippen LogP contribution in [0.5, 0.6) is 0 Å². The molecular weight excluding hydrogens is 180 g/mol. The van der Waals surface area contributed by atoms with Crippen LogP contribution in [0.4, 0.5) is 5.13 Å². The zero-order valence-corrected chi connectivity index (χ0v) is 9.24. The third-order valence-corrected chi connectivity index (χ3v) is 3.71. The first-order valence-corrected chi connectivity index (χ1v) is 5.56. The van der Waals surface area contributed by atoms with Gasteiger partial charge in [-0.05, 0) is 24.7 Å². The second-order valence-corrected chi connectivity index (χ2v) is 5.78. The highest BCUT2D eigenvalue weighted by molar-refractivity contribution is 7.15. The van der Waals surface area contributed by atoms with E-state index in [0.29, 0.717) is 5.41 Å². The van der Waals surface area contributed by atoms with Gasteiger partial charge in [0.2, 0.25) is 0 Å². The fourth-order valence-corrected chi connectivity index (χ4v) is 2.24. The molecule has 2 nitrogen and oxygen atoms in total. The van der Waals surface area contributed by atoms with Gasteiger partial charge in [-0.1, -0.05) is 13.8 Å². The van der Waals surface area contributed by atoms with E-state index < -0.39 is 0 Å². The number of hydrogen-bond donors (Lipinski definition) is 1. The van der Waals surface area contributed by atoms with Gasteiger partial charge in [-0.3, -0.25) is 0 Å². The second-order valence-electron chi connectivity index (χ2n) is 4.55. The highest BCUT2D eigenvalue weighted by Gasteiger charge is 2.44. The monoisotopic (exact) mass is 196 g/mol. The third kappa shape index (κ3) is 2.02. The number of thiazole rings is 1. The molecule has 1 aromatic rings. The summed E-state index contributed by atoms with van der Waals surface area (Å²) in [6.45, 7) is 7.82. The molecule has 0 bridgehead atoms. The Kier molecular flexibility index (Phi) is 2.06. The molecule has 2 rings (SSSR count). The molecule has 0 saturated heterocycles. The standard InChI is InChI=1S/C10H16N2S/c1-7-5-11-9(13-7)12-6-8-4-10(8,2)3/h5,8H,4,6H2,1-3H3,(H,11,12). The average Bonchev–Trinajstić information content (AvgIpc) is 2.45. The van der Waals surface area contributed by atoms with E-state index in [0.717, 1.165) is 17.6 Å². The largest absolute Gasteiger partial charge is 0.361 e. The van der Waals surface area contributed by atoms with E-state index in [4.69, 9.17) is 0 Å². The first kappa shape index (κ1) is 9.00. The number of anilines is 1. The topological polar surface area (TPSA) is 24.9 Å². The van der Waals surface area contributed by atoms with Crippen molar-refractivity contribution in [1.29, 1.82) is 0 Å². The van der Waals surface area contributed by atoms with Crippen molar-refractivity contribution in [3.8, 4) is 0 Å². The van der Waals surface area contributed by atoms with Crippen molar-refractivity contribution in [3.05, 3.63) is 11.1 Å². The Morgan fingerprint density at radius 3 is 2.85 bits per heavy atom. The van der Waals surface area contributed by atoms with Gasteiger partial charge in [-0.2, -0.15) is 0 Å². The van der Waals surface area contributed by atoms with Crippen LogP contribution >= 0.6 is 11.3 Å². The molecule has 1 atom stereocenters. The number of aromatic nitrogens is 1. The number of rotatable bonds is 3. The summed E-state index contributed by atoms with van der Waals surface area (Å²) in [5, 5.41) is 4.46. The molecule has 0 amide bonds. The number of aryl methyl sites for hydroxylation is 1. The molecule has 1 unspecified atom stereocenters. The van der Waals surface area contributed by atoms with E-state index in [1.807, 2.05) is 6.20 Å².